The first kappa shape index (κ1) is 15.1. The number of hydrogen-bond donors (Lipinski definition) is 2. The highest BCUT2D eigenvalue weighted by Crippen LogP contribution is 2.26. The summed E-state index contributed by atoms with van der Waals surface area (Å²) in [5.41, 5.74) is 7.04. The molecule has 1 unspecified atom stereocenters. The van der Waals surface area contributed by atoms with Crippen molar-refractivity contribution in [3.8, 4) is 11.5 Å². The summed E-state index contributed by atoms with van der Waals surface area (Å²) < 4.78 is 10.0. The monoisotopic (exact) mass is 290 g/mol. The van der Waals surface area contributed by atoms with Crippen LogP contribution in [0.15, 0.2) is 28.8 Å². The van der Waals surface area contributed by atoms with Crippen LogP contribution in [-0.2, 0) is 9.53 Å². The van der Waals surface area contributed by atoms with E-state index < -0.39 is 6.04 Å². The zero-order valence-electron chi connectivity index (χ0n) is 12.0. The van der Waals surface area contributed by atoms with Crippen LogP contribution in [0.3, 0.4) is 0 Å². The number of rotatable bonds is 6. The molecule has 0 spiro atoms. The van der Waals surface area contributed by atoms with Crippen molar-refractivity contribution in [3.05, 3.63) is 30.1 Å². The maximum atomic E-state index is 12.0. The van der Waals surface area contributed by atoms with Gasteiger partial charge >= 0.3 is 0 Å². The number of hydrogen-bond acceptors (Lipinski definition) is 6. The van der Waals surface area contributed by atoms with Gasteiger partial charge in [0.25, 0.3) is 5.89 Å². The fourth-order valence-corrected chi connectivity index (χ4v) is 1.79. The molecule has 0 radical (unpaired) electrons. The first-order chi connectivity index (χ1) is 10.1. The van der Waals surface area contributed by atoms with Crippen molar-refractivity contribution in [2.75, 3.05) is 19.0 Å². The predicted octanol–water partition coefficient (Wildman–Crippen LogP) is 1.35. The molecule has 2 rings (SSSR count). The van der Waals surface area contributed by atoms with E-state index in [0.29, 0.717) is 36.0 Å². The number of anilines is 1. The van der Waals surface area contributed by atoms with Gasteiger partial charge < -0.3 is 20.3 Å². The summed E-state index contributed by atoms with van der Waals surface area (Å²) in [7, 11) is 1.57. The number of aromatic nitrogens is 2. The van der Waals surface area contributed by atoms with Crippen molar-refractivity contribution in [2.24, 2.45) is 5.73 Å². The molecule has 7 heteroatoms. The molecule has 112 valence electrons. The molecule has 1 aromatic carbocycles. The molecule has 0 saturated heterocycles. The van der Waals surface area contributed by atoms with Crippen LogP contribution in [-0.4, -0.2) is 35.8 Å². The lowest BCUT2D eigenvalue weighted by Crippen LogP contribution is -2.36. The average molecular weight is 290 g/mol. The van der Waals surface area contributed by atoms with Gasteiger partial charge in [0.2, 0.25) is 5.91 Å². The lowest BCUT2D eigenvalue weighted by Gasteiger charge is -2.13. The van der Waals surface area contributed by atoms with E-state index in [1.807, 2.05) is 12.1 Å². The number of para-hydroxylation sites is 1. The van der Waals surface area contributed by atoms with E-state index in [1.165, 1.54) is 0 Å². The molecular weight excluding hydrogens is 272 g/mol. The maximum Gasteiger partial charge on any atom is 0.260 e. The number of nitrogens with zero attached hydrogens (tertiary/aromatic N) is 2. The van der Waals surface area contributed by atoms with Gasteiger partial charge in [-0.3, -0.25) is 4.79 Å². The number of ether oxygens (including phenoxy) is 1. The average Bonchev–Trinajstić information content (AvgIpc) is 2.91. The number of nitrogens with one attached hydrogen (secondary N) is 1. The molecular formula is C14H18N4O3. The molecule has 0 aliphatic rings. The second kappa shape index (κ2) is 6.96. The van der Waals surface area contributed by atoms with Crippen LogP contribution in [0.25, 0.3) is 11.5 Å². The number of carbonyl (C=O) groups excluding carboxylic acids is 1. The second-order valence-corrected chi connectivity index (χ2v) is 4.57. The molecule has 0 fully saturated rings. The van der Waals surface area contributed by atoms with Crippen molar-refractivity contribution >= 4 is 11.6 Å². The van der Waals surface area contributed by atoms with Crippen molar-refractivity contribution in [1.82, 2.24) is 10.1 Å². The molecule has 3 N–H and O–H groups in total. The zero-order chi connectivity index (χ0) is 15.2. The first-order valence-electron chi connectivity index (χ1n) is 6.57. The van der Waals surface area contributed by atoms with Gasteiger partial charge in [0.05, 0.1) is 17.3 Å². The van der Waals surface area contributed by atoms with Gasteiger partial charge in [0.15, 0.2) is 5.82 Å². The lowest BCUT2D eigenvalue weighted by molar-refractivity contribution is -0.117. The van der Waals surface area contributed by atoms with Gasteiger partial charge in [0, 0.05) is 13.7 Å². The number of carbonyl (C=O) groups is 1. The van der Waals surface area contributed by atoms with Crippen molar-refractivity contribution in [2.45, 2.75) is 19.4 Å². The molecule has 7 nitrogen and oxygen atoms in total. The normalized spacial score (nSPS) is 12.1. The summed E-state index contributed by atoms with van der Waals surface area (Å²) in [6.45, 7) is 2.16. The van der Waals surface area contributed by atoms with Crippen LogP contribution in [0.4, 0.5) is 5.69 Å². The standard InChI is InChI=1S/C14H18N4O3/c1-9-16-14(21-18-9)10-5-3-4-6-12(10)17-13(19)11(15)7-8-20-2/h3-6,11H,7-8,15H2,1-2H3,(H,17,19). The van der Waals surface area contributed by atoms with E-state index in [9.17, 15) is 4.79 Å². The SMILES string of the molecule is COCCC(N)C(=O)Nc1ccccc1-c1nc(C)no1. The van der Waals surface area contributed by atoms with Gasteiger partial charge in [-0.1, -0.05) is 17.3 Å². The van der Waals surface area contributed by atoms with Gasteiger partial charge in [-0.05, 0) is 25.5 Å². The number of nitrogens with two attached hydrogens (primary N) is 1. The Bertz CT molecular complexity index is 612. The lowest BCUT2D eigenvalue weighted by atomic mass is 10.1. The third kappa shape index (κ3) is 3.87. The highest BCUT2D eigenvalue weighted by atomic mass is 16.5. The quantitative estimate of drug-likeness (QED) is 0.832. The Labute approximate surface area is 122 Å². The summed E-state index contributed by atoms with van der Waals surface area (Å²) in [6.07, 6.45) is 0.449. The third-order valence-electron chi connectivity index (χ3n) is 2.91. The van der Waals surface area contributed by atoms with E-state index in [0.717, 1.165) is 0 Å². The second-order valence-electron chi connectivity index (χ2n) is 4.57. The van der Waals surface area contributed by atoms with Gasteiger partial charge in [-0.2, -0.15) is 4.98 Å². The van der Waals surface area contributed by atoms with Crippen LogP contribution < -0.4 is 11.1 Å². The maximum absolute atomic E-state index is 12.0. The highest BCUT2D eigenvalue weighted by molar-refractivity contribution is 5.97. The van der Waals surface area contributed by atoms with Crippen LogP contribution in [0.5, 0.6) is 0 Å². The van der Waals surface area contributed by atoms with Crippen molar-refractivity contribution in [1.29, 1.82) is 0 Å². The Morgan fingerprint density at radius 3 is 2.90 bits per heavy atom. The fraction of sp³-hybridized carbons (Fsp3) is 0.357. The molecule has 0 saturated carbocycles. The molecule has 0 bridgehead atoms. The molecule has 1 heterocycles. The smallest absolute Gasteiger partial charge is 0.260 e. The van der Waals surface area contributed by atoms with Gasteiger partial charge in [-0.15, -0.1) is 0 Å². The number of benzene rings is 1. The molecule has 1 atom stereocenters. The Balaban J connectivity index is 2.15. The predicted molar refractivity (Wildman–Crippen MR) is 77.6 cm³/mol. The Morgan fingerprint density at radius 1 is 1.48 bits per heavy atom. The molecule has 1 aromatic heterocycles. The largest absolute Gasteiger partial charge is 0.385 e. The Hall–Kier alpha value is -2.25. The van der Waals surface area contributed by atoms with E-state index in [1.54, 1.807) is 26.2 Å². The summed E-state index contributed by atoms with van der Waals surface area (Å²) >= 11 is 0. The molecule has 1 amide bonds. The van der Waals surface area contributed by atoms with Crippen molar-refractivity contribution in [3.63, 3.8) is 0 Å². The summed E-state index contributed by atoms with van der Waals surface area (Å²) in [5.74, 6) is 0.604. The minimum atomic E-state index is -0.637. The minimum Gasteiger partial charge on any atom is -0.385 e. The van der Waals surface area contributed by atoms with Crippen LogP contribution in [0, 0.1) is 6.92 Å². The van der Waals surface area contributed by atoms with E-state index in [-0.39, 0.29) is 5.91 Å². The van der Waals surface area contributed by atoms with Gasteiger partial charge in [-0.25, -0.2) is 0 Å². The van der Waals surface area contributed by atoms with E-state index >= 15 is 0 Å². The molecule has 0 aliphatic carbocycles. The Morgan fingerprint density at radius 2 is 2.24 bits per heavy atom. The first-order valence-corrected chi connectivity index (χ1v) is 6.57. The molecule has 21 heavy (non-hydrogen) atoms. The number of aryl methyl sites for hydroxylation is 1. The fourth-order valence-electron chi connectivity index (χ4n) is 1.79. The van der Waals surface area contributed by atoms with Crippen molar-refractivity contribution < 1.29 is 14.1 Å². The number of amides is 1. The Kier molecular flexibility index (Phi) is 5.02. The zero-order valence-corrected chi connectivity index (χ0v) is 12.0. The minimum absolute atomic E-state index is 0.282. The van der Waals surface area contributed by atoms with E-state index in [4.69, 9.17) is 15.0 Å². The topological polar surface area (TPSA) is 103 Å². The van der Waals surface area contributed by atoms with Gasteiger partial charge in [0.1, 0.15) is 0 Å². The summed E-state index contributed by atoms with van der Waals surface area (Å²) in [4.78, 5) is 16.2. The summed E-state index contributed by atoms with van der Waals surface area (Å²) in [5, 5.41) is 6.53. The van der Waals surface area contributed by atoms with Crippen LogP contribution in [0.1, 0.15) is 12.2 Å². The molecule has 0 aliphatic heterocycles. The summed E-state index contributed by atoms with van der Waals surface area (Å²) in [6, 6.07) is 6.56. The highest BCUT2D eigenvalue weighted by Gasteiger charge is 2.17. The van der Waals surface area contributed by atoms with Crippen LogP contribution >= 0.6 is 0 Å². The third-order valence-corrected chi connectivity index (χ3v) is 2.91. The molecule has 2 aromatic rings. The number of methoxy groups -OCH3 is 1. The van der Waals surface area contributed by atoms with Crippen LogP contribution in [0.2, 0.25) is 0 Å². The van der Waals surface area contributed by atoms with E-state index in [2.05, 4.69) is 15.5 Å².